The quantitative estimate of drug-likeness (QED) is 0.578. The number of hydrogen-bond donors (Lipinski definition) is 0. The van der Waals surface area contributed by atoms with Gasteiger partial charge in [-0.05, 0) is 48.9 Å². The van der Waals surface area contributed by atoms with E-state index in [9.17, 15) is 0 Å². The van der Waals surface area contributed by atoms with Crippen LogP contribution in [0.2, 0.25) is 0 Å². The first-order chi connectivity index (χ1) is 6.85. The first-order valence-electron chi connectivity index (χ1n) is 6.24. The van der Waals surface area contributed by atoms with Crippen LogP contribution in [0.3, 0.4) is 0 Å². The molecule has 0 spiro atoms. The summed E-state index contributed by atoms with van der Waals surface area (Å²) in [6.45, 7) is 4.66. The van der Waals surface area contributed by atoms with Crippen LogP contribution in [0.15, 0.2) is 23.8 Å². The average Bonchev–Trinajstić information content (AvgIpc) is 2.87. The Bertz CT molecular complexity index is 297. The van der Waals surface area contributed by atoms with E-state index in [-0.39, 0.29) is 0 Å². The van der Waals surface area contributed by atoms with Gasteiger partial charge in [0.2, 0.25) is 0 Å². The maximum absolute atomic E-state index is 2.61. The number of hydrogen-bond acceptors (Lipinski definition) is 0. The number of allylic oxidation sites excluding steroid dienone is 4. The first kappa shape index (κ1) is 8.76. The molecule has 1 saturated carbocycles. The minimum atomic E-state index is 0.893. The summed E-state index contributed by atoms with van der Waals surface area (Å²) in [5.41, 5.74) is 1.76. The molecule has 76 valence electrons. The Kier molecular flexibility index (Phi) is 1.87. The van der Waals surface area contributed by atoms with E-state index in [2.05, 4.69) is 32.1 Å². The molecule has 0 aromatic rings. The fourth-order valence-corrected chi connectivity index (χ4v) is 4.19. The summed E-state index contributed by atoms with van der Waals surface area (Å²) >= 11 is 0. The molecule has 0 amide bonds. The van der Waals surface area contributed by atoms with Gasteiger partial charge >= 0.3 is 0 Å². The van der Waals surface area contributed by atoms with E-state index in [0.717, 1.165) is 29.6 Å². The fourth-order valence-electron chi connectivity index (χ4n) is 4.19. The van der Waals surface area contributed by atoms with Crippen LogP contribution in [0.1, 0.15) is 33.1 Å². The zero-order chi connectivity index (χ0) is 9.71. The van der Waals surface area contributed by atoms with Gasteiger partial charge in [0, 0.05) is 0 Å². The van der Waals surface area contributed by atoms with Gasteiger partial charge in [0.1, 0.15) is 0 Å². The molecule has 0 N–H and O–H groups in total. The normalized spacial score (nSPS) is 48.4. The summed E-state index contributed by atoms with van der Waals surface area (Å²) < 4.78 is 0. The molecule has 3 aliphatic carbocycles. The Morgan fingerprint density at radius 1 is 1.29 bits per heavy atom. The second-order valence-electron chi connectivity index (χ2n) is 5.21. The van der Waals surface area contributed by atoms with Gasteiger partial charge < -0.3 is 0 Å². The SMILES string of the molecule is CCC1=CC2CC1C1C=CC(CC)C21. The Morgan fingerprint density at radius 3 is 2.86 bits per heavy atom. The maximum Gasteiger partial charge on any atom is -0.0128 e. The predicted octanol–water partition coefficient (Wildman–Crippen LogP) is 3.80. The minimum Gasteiger partial charge on any atom is -0.0848 e. The van der Waals surface area contributed by atoms with E-state index in [1.54, 1.807) is 5.57 Å². The molecule has 0 radical (unpaired) electrons. The van der Waals surface area contributed by atoms with Crippen molar-refractivity contribution in [3.8, 4) is 0 Å². The van der Waals surface area contributed by atoms with Crippen molar-refractivity contribution in [1.29, 1.82) is 0 Å². The first-order valence-corrected chi connectivity index (χ1v) is 6.24. The molecule has 14 heavy (non-hydrogen) atoms. The van der Waals surface area contributed by atoms with Crippen molar-refractivity contribution in [2.75, 3.05) is 0 Å². The van der Waals surface area contributed by atoms with Crippen LogP contribution >= 0.6 is 0 Å². The van der Waals surface area contributed by atoms with Crippen LogP contribution in [0.5, 0.6) is 0 Å². The molecule has 0 heterocycles. The molecule has 0 aromatic carbocycles. The Hall–Kier alpha value is -0.520. The van der Waals surface area contributed by atoms with Gasteiger partial charge in [-0.3, -0.25) is 0 Å². The maximum atomic E-state index is 2.61. The van der Waals surface area contributed by atoms with Crippen molar-refractivity contribution in [2.24, 2.45) is 29.6 Å². The molecule has 0 nitrogen and oxygen atoms in total. The Morgan fingerprint density at radius 2 is 2.14 bits per heavy atom. The highest BCUT2D eigenvalue weighted by Crippen LogP contribution is 2.58. The van der Waals surface area contributed by atoms with E-state index in [1.165, 1.54) is 19.3 Å². The molecule has 3 aliphatic rings. The summed E-state index contributed by atoms with van der Waals surface area (Å²) in [5, 5.41) is 0. The standard InChI is InChI=1S/C14H20/c1-3-9-5-6-12-13-8-11(14(9)12)7-10(13)4-2/h5-7,9,11-14H,3-4,8H2,1-2H3. The van der Waals surface area contributed by atoms with Crippen molar-refractivity contribution >= 4 is 0 Å². The molecule has 5 atom stereocenters. The highest BCUT2D eigenvalue weighted by Gasteiger charge is 2.50. The second-order valence-corrected chi connectivity index (χ2v) is 5.21. The van der Waals surface area contributed by atoms with Gasteiger partial charge in [-0.2, -0.15) is 0 Å². The minimum absolute atomic E-state index is 0.893. The van der Waals surface area contributed by atoms with E-state index >= 15 is 0 Å². The van der Waals surface area contributed by atoms with Crippen LogP contribution in [0, 0.1) is 29.6 Å². The molecule has 0 saturated heterocycles. The lowest BCUT2D eigenvalue weighted by atomic mass is 9.76. The summed E-state index contributed by atoms with van der Waals surface area (Å²) in [6, 6.07) is 0. The van der Waals surface area contributed by atoms with Crippen molar-refractivity contribution in [3.05, 3.63) is 23.8 Å². The summed E-state index contributed by atoms with van der Waals surface area (Å²) in [7, 11) is 0. The highest BCUT2D eigenvalue weighted by atomic mass is 14.5. The third kappa shape index (κ3) is 0.947. The molecule has 0 aliphatic heterocycles. The van der Waals surface area contributed by atoms with Gasteiger partial charge in [-0.1, -0.05) is 37.6 Å². The molecule has 1 fully saturated rings. The van der Waals surface area contributed by atoms with Crippen molar-refractivity contribution < 1.29 is 0 Å². The topological polar surface area (TPSA) is 0 Å². The number of rotatable bonds is 2. The zero-order valence-electron chi connectivity index (χ0n) is 9.24. The van der Waals surface area contributed by atoms with Crippen molar-refractivity contribution in [1.82, 2.24) is 0 Å². The molecular weight excluding hydrogens is 168 g/mol. The second kappa shape index (κ2) is 2.98. The molecule has 5 unspecified atom stereocenters. The molecule has 0 aromatic heterocycles. The average molecular weight is 188 g/mol. The number of fused-ring (bicyclic) bond motifs is 5. The fraction of sp³-hybridized carbons (Fsp3) is 0.714. The lowest BCUT2D eigenvalue weighted by molar-refractivity contribution is 0.297. The van der Waals surface area contributed by atoms with Crippen LogP contribution in [0.25, 0.3) is 0 Å². The third-order valence-corrected chi connectivity index (χ3v) is 4.79. The lowest BCUT2D eigenvalue weighted by Crippen LogP contribution is -2.21. The van der Waals surface area contributed by atoms with Crippen LogP contribution in [-0.4, -0.2) is 0 Å². The van der Waals surface area contributed by atoms with Crippen molar-refractivity contribution in [2.45, 2.75) is 33.1 Å². The van der Waals surface area contributed by atoms with Gasteiger partial charge in [0.25, 0.3) is 0 Å². The van der Waals surface area contributed by atoms with Gasteiger partial charge in [-0.25, -0.2) is 0 Å². The zero-order valence-corrected chi connectivity index (χ0v) is 9.24. The summed E-state index contributed by atoms with van der Waals surface area (Å²) in [4.78, 5) is 0. The smallest absolute Gasteiger partial charge is 0.0128 e. The van der Waals surface area contributed by atoms with E-state index in [0.29, 0.717) is 0 Å². The Labute approximate surface area is 87.1 Å². The predicted molar refractivity (Wildman–Crippen MR) is 59.9 cm³/mol. The molecular formula is C14H20. The van der Waals surface area contributed by atoms with E-state index < -0.39 is 0 Å². The molecule has 2 bridgehead atoms. The monoisotopic (exact) mass is 188 g/mol. The van der Waals surface area contributed by atoms with Crippen LogP contribution in [0.4, 0.5) is 0 Å². The Balaban J connectivity index is 1.90. The van der Waals surface area contributed by atoms with E-state index in [1.807, 2.05) is 0 Å². The van der Waals surface area contributed by atoms with Crippen LogP contribution in [-0.2, 0) is 0 Å². The largest absolute Gasteiger partial charge is 0.0848 e. The van der Waals surface area contributed by atoms with Crippen LogP contribution < -0.4 is 0 Å². The molecule has 0 heteroatoms. The van der Waals surface area contributed by atoms with Gasteiger partial charge in [0.15, 0.2) is 0 Å². The summed E-state index contributed by atoms with van der Waals surface area (Å²) in [5.74, 6) is 4.66. The summed E-state index contributed by atoms with van der Waals surface area (Å²) in [6.07, 6.45) is 11.7. The molecule has 3 rings (SSSR count). The van der Waals surface area contributed by atoms with Crippen molar-refractivity contribution in [3.63, 3.8) is 0 Å². The van der Waals surface area contributed by atoms with Gasteiger partial charge in [-0.15, -0.1) is 0 Å². The highest BCUT2D eigenvalue weighted by molar-refractivity contribution is 5.29. The lowest BCUT2D eigenvalue weighted by Gasteiger charge is -2.28. The van der Waals surface area contributed by atoms with E-state index in [4.69, 9.17) is 0 Å². The third-order valence-electron chi connectivity index (χ3n) is 4.79. The van der Waals surface area contributed by atoms with Gasteiger partial charge in [0.05, 0.1) is 0 Å².